The van der Waals surface area contributed by atoms with Gasteiger partial charge in [0.1, 0.15) is 0 Å². The number of hydrogen-bond acceptors (Lipinski definition) is 3. The van der Waals surface area contributed by atoms with Gasteiger partial charge in [-0.15, -0.1) is 0 Å². The molecule has 1 saturated heterocycles. The molecule has 0 unspecified atom stereocenters. The predicted octanol–water partition coefficient (Wildman–Crippen LogP) is 2.72. The molecule has 1 heterocycles. The van der Waals surface area contributed by atoms with Gasteiger partial charge in [-0.25, -0.2) is 8.42 Å². The Hall–Kier alpha value is -0.910. The van der Waals surface area contributed by atoms with Crippen LogP contribution in [-0.2, 0) is 21.3 Å². The number of hydrogen-bond donors (Lipinski definition) is 0. The van der Waals surface area contributed by atoms with E-state index in [4.69, 9.17) is 4.74 Å². The normalized spacial score (nSPS) is 22.9. The maximum Gasteiger partial charge on any atom is 0.217 e. The Labute approximate surface area is 128 Å². The first kappa shape index (κ1) is 16.5. The summed E-state index contributed by atoms with van der Waals surface area (Å²) in [7, 11) is -3.24. The zero-order valence-corrected chi connectivity index (χ0v) is 13.7. The van der Waals surface area contributed by atoms with Crippen LogP contribution >= 0.6 is 0 Å². The zero-order valence-electron chi connectivity index (χ0n) is 12.9. The molecule has 1 aliphatic heterocycles. The Kier molecular flexibility index (Phi) is 5.79. The molecule has 5 heteroatoms. The van der Waals surface area contributed by atoms with Gasteiger partial charge in [-0.3, -0.25) is 0 Å². The van der Waals surface area contributed by atoms with E-state index in [0.29, 0.717) is 19.8 Å². The smallest absolute Gasteiger partial charge is 0.217 e. The highest BCUT2D eigenvalue weighted by Gasteiger charge is 2.32. The molecule has 0 aromatic heterocycles. The lowest BCUT2D eigenvalue weighted by molar-refractivity contribution is 0.105. The van der Waals surface area contributed by atoms with Crippen LogP contribution in [0, 0.1) is 6.92 Å². The average Bonchev–Trinajstić information content (AvgIpc) is 2.59. The summed E-state index contributed by atoms with van der Waals surface area (Å²) in [6, 6.07) is 8.02. The average molecular weight is 311 g/mol. The fourth-order valence-electron chi connectivity index (χ4n) is 2.58. The van der Waals surface area contributed by atoms with Crippen LogP contribution in [-0.4, -0.2) is 37.7 Å². The lowest BCUT2D eigenvalue weighted by Gasteiger charge is -2.28. The SMILES string of the molecule is CCCC[C@H]1COCCS(=O)(=O)N1Cc1ccc(C)cc1. The van der Waals surface area contributed by atoms with E-state index in [1.54, 1.807) is 4.31 Å². The summed E-state index contributed by atoms with van der Waals surface area (Å²) in [5, 5.41) is 0. The second-order valence-electron chi connectivity index (χ2n) is 5.72. The topological polar surface area (TPSA) is 46.6 Å². The maximum atomic E-state index is 12.5. The third kappa shape index (κ3) is 4.53. The van der Waals surface area contributed by atoms with Crippen LogP contribution in [0.4, 0.5) is 0 Å². The van der Waals surface area contributed by atoms with Crippen LogP contribution in [0.2, 0.25) is 0 Å². The van der Waals surface area contributed by atoms with Crippen LogP contribution in [0.3, 0.4) is 0 Å². The zero-order chi connectivity index (χ0) is 15.3. The highest BCUT2D eigenvalue weighted by molar-refractivity contribution is 7.89. The summed E-state index contributed by atoms with van der Waals surface area (Å²) < 4.78 is 32.1. The molecule has 2 rings (SSSR count). The van der Waals surface area contributed by atoms with E-state index < -0.39 is 10.0 Å². The molecule has 0 radical (unpaired) electrons. The van der Waals surface area contributed by atoms with Crippen LogP contribution in [0.15, 0.2) is 24.3 Å². The van der Waals surface area contributed by atoms with Gasteiger partial charge in [0.15, 0.2) is 0 Å². The van der Waals surface area contributed by atoms with Gasteiger partial charge in [0.2, 0.25) is 10.0 Å². The van der Waals surface area contributed by atoms with Crippen molar-refractivity contribution in [3.8, 4) is 0 Å². The molecule has 0 spiro atoms. The molecule has 1 aliphatic rings. The molecule has 1 aromatic rings. The van der Waals surface area contributed by atoms with Crippen LogP contribution in [0.1, 0.15) is 37.3 Å². The van der Waals surface area contributed by atoms with E-state index in [2.05, 4.69) is 6.92 Å². The Bertz CT molecular complexity index is 539. The van der Waals surface area contributed by atoms with Crippen molar-refractivity contribution >= 4 is 10.0 Å². The minimum absolute atomic E-state index is 0.0428. The molecule has 1 aromatic carbocycles. The first-order valence-corrected chi connectivity index (χ1v) is 9.26. The lowest BCUT2D eigenvalue weighted by atomic mass is 10.1. The summed E-state index contributed by atoms with van der Waals surface area (Å²) in [4.78, 5) is 0. The first-order valence-electron chi connectivity index (χ1n) is 7.65. The highest BCUT2D eigenvalue weighted by Crippen LogP contribution is 2.21. The van der Waals surface area contributed by atoms with E-state index in [0.717, 1.165) is 24.8 Å². The van der Waals surface area contributed by atoms with E-state index in [1.807, 2.05) is 31.2 Å². The van der Waals surface area contributed by atoms with Crippen molar-refractivity contribution in [2.75, 3.05) is 19.0 Å². The van der Waals surface area contributed by atoms with E-state index >= 15 is 0 Å². The first-order chi connectivity index (χ1) is 10.0. The quantitative estimate of drug-likeness (QED) is 0.840. The molecule has 1 fully saturated rings. The Balaban J connectivity index is 2.20. The molecular formula is C16H25NO3S. The molecule has 1 atom stereocenters. The van der Waals surface area contributed by atoms with Crippen molar-refractivity contribution in [2.45, 2.75) is 45.7 Å². The van der Waals surface area contributed by atoms with Crippen molar-refractivity contribution < 1.29 is 13.2 Å². The Morgan fingerprint density at radius 2 is 2.00 bits per heavy atom. The molecular weight excluding hydrogens is 286 g/mol. The van der Waals surface area contributed by atoms with Crippen LogP contribution in [0.25, 0.3) is 0 Å². The van der Waals surface area contributed by atoms with E-state index in [1.165, 1.54) is 5.56 Å². The van der Waals surface area contributed by atoms with Gasteiger partial charge in [-0.2, -0.15) is 4.31 Å². The molecule has 0 aliphatic carbocycles. The molecule has 21 heavy (non-hydrogen) atoms. The number of nitrogens with zero attached hydrogens (tertiary/aromatic N) is 1. The second kappa shape index (κ2) is 7.38. The van der Waals surface area contributed by atoms with E-state index in [-0.39, 0.29) is 11.8 Å². The van der Waals surface area contributed by atoms with Gasteiger partial charge in [-0.05, 0) is 18.9 Å². The van der Waals surface area contributed by atoms with Crippen molar-refractivity contribution in [3.05, 3.63) is 35.4 Å². The third-order valence-electron chi connectivity index (χ3n) is 3.91. The molecule has 0 amide bonds. The third-order valence-corrected chi connectivity index (χ3v) is 5.73. The molecule has 0 saturated carbocycles. The molecule has 0 N–H and O–H groups in total. The fourth-order valence-corrected chi connectivity index (χ4v) is 4.11. The largest absolute Gasteiger partial charge is 0.379 e. The number of sulfonamides is 1. The van der Waals surface area contributed by atoms with Gasteiger partial charge in [0.25, 0.3) is 0 Å². The van der Waals surface area contributed by atoms with Crippen molar-refractivity contribution in [1.82, 2.24) is 4.31 Å². The Morgan fingerprint density at radius 3 is 2.67 bits per heavy atom. The summed E-state index contributed by atoms with van der Waals surface area (Å²) in [5.74, 6) is 0.0848. The minimum atomic E-state index is -3.24. The summed E-state index contributed by atoms with van der Waals surface area (Å²) in [5.41, 5.74) is 2.22. The van der Waals surface area contributed by atoms with Gasteiger partial charge in [-0.1, -0.05) is 49.6 Å². The standard InChI is InChI=1S/C16H25NO3S/c1-3-4-5-16-13-20-10-11-21(18,19)17(16)12-15-8-6-14(2)7-9-15/h6-9,16H,3-5,10-13H2,1-2H3/t16-/m0/s1. The number of ether oxygens (including phenoxy) is 1. The van der Waals surface area contributed by atoms with Crippen LogP contribution < -0.4 is 0 Å². The van der Waals surface area contributed by atoms with Crippen LogP contribution in [0.5, 0.6) is 0 Å². The molecule has 4 nitrogen and oxygen atoms in total. The monoisotopic (exact) mass is 311 g/mol. The maximum absolute atomic E-state index is 12.5. The van der Waals surface area contributed by atoms with Gasteiger partial charge < -0.3 is 4.74 Å². The number of unbranched alkanes of at least 4 members (excludes halogenated alkanes) is 1. The van der Waals surface area contributed by atoms with E-state index in [9.17, 15) is 8.42 Å². The van der Waals surface area contributed by atoms with Crippen molar-refractivity contribution in [3.63, 3.8) is 0 Å². The summed E-state index contributed by atoms with van der Waals surface area (Å²) >= 11 is 0. The number of benzene rings is 1. The summed E-state index contributed by atoms with van der Waals surface area (Å²) in [6.45, 7) is 5.40. The predicted molar refractivity (Wildman–Crippen MR) is 84.6 cm³/mol. The second-order valence-corrected chi connectivity index (χ2v) is 7.76. The van der Waals surface area contributed by atoms with Crippen molar-refractivity contribution in [1.29, 1.82) is 0 Å². The van der Waals surface area contributed by atoms with Crippen molar-refractivity contribution in [2.24, 2.45) is 0 Å². The minimum Gasteiger partial charge on any atom is -0.379 e. The lowest BCUT2D eigenvalue weighted by Crippen LogP contribution is -2.41. The number of aryl methyl sites for hydroxylation is 1. The van der Waals surface area contributed by atoms with Gasteiger partial charge >= 0.3 is 0 Å². The van der Waals surface area contributed by atoms with Gasteiger partial charge in [0.05, 0.1) is 19.0 Å². The molecule has 118 valence electrons. The molecule has 0 bridgehead atoms. The number of rotatable bonds is 5. The summed E-state index contributed by atoms with van der Waals surface area (Å²) in [6.07, 6.45) is 2.95. The highest BCUT2D eigenvalue weighted by atomic mass is 32.2. The Morgan fingerprint density at radius 1 is 1.29 bits per heavy atom. The fraction of sp³-hybridized carbons (Fsp3) is 0.625. The van der Waals surface area contributed by atoms with Gasteiger partial charge in [0, 0.05) is 12.6 Å².